The van der Waals surface area contributed by atoms with Gasteiger partial charge in [-0.05, 0) is 39.2 Å². The van der Waals surface area contributed by atoms with E-state index in [1.807, 2.05) is 14.0 Å². The van der Waals surface area contributed by atoms with Crippen LogP contribution in [0.5, 0.6) is 0 Å². The molecule has 1 aliphatic rings. The molecule has 3 N–H and O–H groups in total. The summed E-state index contributed by atoms with van der Waals surface area (Å²) in [7, 11) is 2.01. The summed E-state index contributed by atoms with van der Waals surface area (Å²) in [4.78, 5) is 13.9. The van der Waals surface area contributed by atoms with Crippen LogP contribution in [-0.2, 0) is 4.79 Å². The zero-order valence-corrected chi connectivity index (χ0v) is 10.7. The summed E-state index contributed by atoms with van der Waals surface area (Å²) < 4.78 is 0. The van der Waals surface area contributed by atoms with E-state index < -0.39 is 0 Å². The molecule has 1 rings (SSSR count). The van der Waals surface area contributed by atoms with E-state index in [9.17, 15) is 4.79 Å². The average molecular weight is 227 g/mol. The van der Waals surface area contributed by atoms with Crippen LogP contribution in [0.15, 0.2) is 0 Å². The van der Waals surface area contributed by atoms with Crippen molar-refractivity contribution in [2.75, 3.05) is 20.1 Å². The van der Waals surface area contributed by atoms with Crippen LogP contribution in [-0.4, -0.2) is 43.0 Å². The first-order chi connectivity index (χ1) is 7.61. The lowest BCUT2D eigenvalue weighted by molar-refractivity contribution is -0.126. The minimum Gasteiger partial charge on any atom is -0.355 e. The van der Waals surface area contributed by atoms with Gasteiger partial charge in [0, 0.05) is 19.1 Å². The van der Waals surface area contributed by atoms with Crippen molar-refractivity contribution in [3.05, 3.63) is 0 Å². The van der Waals surface area contributed by atoms with Crippen LogP contribution < -0.4 is 11.1 Å². The second-order valence-corrected chi connectivity index (χ2v) is 4.77. The van der Waals surface area contributed by atoms with Crippen LogP contribution in [0.4, 0.5) is 0 Å². The molecule has 94 valence electrons. The minimum atomic E-state index is -0.0827. The molecule has 0 saturated heterocycles. The molecule has 16 heavy (non-hydrogen) atoms. The second-order valence-electron chi connectivity index (χ2n) is 4.77. The van der Waals surface area contributed by atoms with E-state index in [-0.39, 0.29) is 11.9 Å². The minimum absolute atomic E-state index is 0.0827. The lowest BCUT2D eigenvalue weighted by Crippen LogP contribution is -2.51. The Kier molecular flexibility index (Phi) is 5.22. The molecule has 2 atom stereocenters. The summed E-state index contributed by atoms with van der Waals surface area (Å²) in [6.07, 6.45) is 3.50. The number of hydrogen-bond donors (Lipinski definition) is 2. The van der Waals surface area contributed by atoms with Gasteiger partial charge in [-0.3, -0.25) is 9.69 Å². The van der Waals surface area contributed by atoms with Crippen molar-refractivity contribution < 1.29 is 4.79 Å². The fourth-order valence-electron chi connectivity index (χ4n) is 2.04. The van der Waals surface area contributed by atoms with Crippen molar-refractivity contribution in [1.82, 2.24) is 10.2 Å². The van der Waals surface area contributed by atoms with E-state index in [4.69, 9.17) is 5.73 Å². The molecule has 0 aliphatic heterocycles. The molecule has 0 aromatic rings. The van der Waals surface area contributed by atoms with Gasteiger partial charge in [-0.15, -0.1) is 0 Å². The van der Waals surface area contributed by atoms with E-state index in [0.29, 0.717) is 18.5 Å². The molecular formula is C12H25N3O. The molecule has 1 amide bonds. The van der Waals surface area contributed by atoms with Crippen molar-refractivity contribution in [2.24, 2.45) is 11.7 Å². The molecule has 1 aliphatic carbocycles. The third kappa shape index (κ3) is 3.46. The Morgan fingerprint density at radius 1 is 1.56 bits per heavy atom. The van der Waals surface area contributed by atoms with E-state index in [2.05, 4.69) is 17.1 Å². The predicted molar refractivity (Wildman–Crippen MR) is 66.1 cm³/mol. The topological polar surface area (TPSA) is 58.4 Å². The molecule has 0 bridgehead atoms. The van der Waals surface area contributed by atoms with Gasteiger partial charge in [0.1, 0.15) is 0 Å². The summed E-state index contributed by atoms with van der Waals surface area (Å²) in [6, 6.07) is 0.281. The standard InChI is InChI=1S/C12H25N3O/c1-4-7-14-12(16)9(2)15(3)11(8-13)10-5-6-10/h9-11H,4-8,13H2,1-3H3,(H,14,16). The van der Waals surface area contributed by atoms with Crippen molar-refractivity contribution in [2.45, 2.75) is 45.2 Å². The van der Waals surface area contributed by atoms with Crippen LogP contribution >= 0.6 is 0 Å². The molecule has 0 aromatic carbocycles. The number of rotatable bonds is 7. The van der Waals surface area contributed by atoms with Gasteiger partial charge < -0.3 is 11.1 Å². The number of likely N-dealkylation sites (N-methyl/N-ethyl adjacent to an activating group) is 1. The highest BCUT2D eigenvalue weighted by atomic mass is 16.2. The number of nitrogens with two attached hydrogens (primary N) is 1. The highest BCUT2D eigenvalue weighted by Gasteiger charge is 2.35. The number of amides is 1. The summed E-state index contributed by atoms with van der Waals surface area (Å²) >= 11 is 0. The number of carbonyl (C=O) groups excluding carboxylic acids is 1. The van der Waals surface area contributed by atoms with Crippen LogP contribution in [0.25, 0.3) is 0 Å². The van der Waals surface area contributed by atoms with Crippen molar-refractivity contribution >= 4 is 5.91 Å². The summed E-state index contributed by atoms with van der Waals surface area (Å²) in [5.41, 5.74) is 5.78. The van der Waals surface area contributed by atoms with Gasteiger partial charge in [-0.1, -0.05) is 6.92 Å². The molecule has 2 unspecified atom stereocenters. The summed E-state index contributed by atoms with van der Waals surface area (Å²) in [6.45, 7) is 5.41. The van der Waals surface area contributed by atoms with Crippen LogP contribution in [0.1, 0.15) is 33.1 Å². The van der Waals surface area contributed by atoms with Gasteiger partial charge in [0.2, 0.25) is 5.91 Å². The van der Waals surface area contributed by atoms with Crippen molar-refractivity contribution in [3.8, 4) is 0 Å². The van der Waals surface area contributed by atoms with Crippen LogP contribution in [0.3, 0.4) is 0 Å². The number of nitrogens with one attached hydrogen (secondary N) is 1. The Morgan fingerprint density at radius 3 is 2.62 bits per heavy atom. The van der Waals surface area contributed by atoms with E-state index >= 15 is 0 Å². The summed E-state index contributed by atoms with van der Waals surface area (Å²) in [5, 5.41) is 2.93. The molecule has 0 aromatic heterocycles. The number of hydrogen-bond acceptors (Lipinski definition) is 3. The molecule has 1 saturated carbocycles. The first-order valence-electron chi connectivity index (χ1n) is 6.31. The Hall–Kier alpha value is -0.610. The Balaban J connectivity index is 2.43. The molecule has 0 spiro atoms. The van der Waals surface area contributed by atoms with Gasteiger partial charge in [-0.25, -0.2) is 0 Å². The molecular weight excluding hydrogens is 202 g/mol. The van der Waals surface area contributed by atoms with Gasteiger partial charge >= 0.3 is 0 Å². The largest absolute Gasteiger partial charge is 0.355 e. The Morgan fingerprint density at radius 2 is 2.19 bits per heavy atom. The molecule has 0 heterocycles. The second kappa shape index (κ2) is 6.21. The lowest BCUT2D eigenvalue weighted by Gasteiger charge is -2.31. The average Bonchev–Trinajstić information content (AvgIpc) is 3.10. The maximum absolute atomic E-state index is 11.8. The van der Waals surface area contributed by atoms with Crippen molar-refractivity contribution in [1.29, 1.82) is 0 Å². The predicted octanol–water partition coefficient (Wildman–Crippen LogP) is 0.570. The zero-order chi connectivity index (χ0) is 12.1. The van der Waals surface area contributed by atoms with Gasteiger partial charge in [-0.2, -0.15) is 0 Å². The lowest BCUT2D eigenvalue weighted by atomic mass is 10.1. The SMILES string of the molecule is CCCNC(=O)C(C)N(C)C(CN)C1CC1. The monoisotopic (exact) mass is 227 g/mol. The van der Waals surface area contributed by atoms with Crippen molar-refractivity contribution in [3.63, 3.8) is 0 Å². The molecule has 4 heteroatoms. The Bertz CT molecular complexity index is 228. The third-order valence-corrected chi connectivity index (χ3v) is 3.47. The zero-order valence-electron chi connectivity index (χ0n) is 10.7. The normalized spacial score (nSPS) is 19.6. The van der Waals surface area contributed by atoms with E-state index in [0.717, 1.165) is 13.0 Å². The summed E-state index contributed by atoms with van der Waals surface area (Å²) in [5.74, 6) is 0.819. The Labute approximate surface area is 98.6 Å². The maximum Gasteiger partial charge on any atom is 0.237 e. The highest BCUT2D eigenvalue weighted by molar-refractivity contribution is 5.81. The first kappa shape index (κ1) is 13.5. The van der Waals surface area contributed by atoms with Crippen LogP contribution in [0, 0.1) is 5.92 Å². The smallest absolute Gasteiger partial charge is 0.237 e. The number of nitrogens with zero attached hydrogens (tertiary/aromatic N) is 1. The molecule has 1 fully saturated rings. The fraction of sp³-hybridized carbons (Fsp3) is 0.917. The third-order valence-electron chi connectivity index (χ3n) is 3.47. The molecule has 4 nitrogen and oxygen atoms in total. The van der Waals surface area contributed by atoms with E-state index in [1.165, 1.54) is 12.8 Å². The molecule has 0 radical (unpaired) electrons. The van der Waals surface area contributed by atoms with E-state index in [1.54, 1.807) is 0 Å². The first-order valence-corrected chi connectivity index (χ1v) is 6.31. The fourth-order valence-corrected chi connectivity index (χ4v) is 2.04. The number of carbonyl (C=O) groups is 1. The quantitative estimate of drug-likeness (QED) is 0.668. The van der Waals surface area contributed by atoms with Gasteiger partial charge in [0.15, 0.2) is 0 Å². The van der Waals surface area contributed by atoms with Gasteiger partial charge in [0.05, 0.1) is 6.04 Å². The maximum atomic E-state index is 11.8. The highest BCUT2D eigenvalue weighted by Crippen LogP contribution is 2.35. The van der Waals surface area contributed by atoms with Gasteiger partial charge in [0.25, 0.3) is 0 Å². The van der Waals surface area contributed by atoms with Crippen LogP contribution in [0.2, 0.25) is 0 Å².